The number of carbonyl (C=O) groups is 1. The smallest absolute Gasteiger partial charge is 0.312 e. The van der Waals surface area contributed by atoms with E-state index in [-0.39, 0.29) is 23.0 Å². The highest BCUT2D eigenvalue weighted by molar-refractivity contribution is 7.80. The number of amides is 1. The summed E-state index contributed by atoms with van der Waals surface area (Å²) in [6, 6.07) is 8.78. The first-order valence-electron chi connectivity index (χ1n) is 9.14. The molecular weight excluding hydrogens is 425 g/mol. The second kappa shape index (κ2) is 7.76. The first-order chi connectivity index (χ1) is 14.7. The number of nitrogens with zero attached hydrogens (tertiary/aromatic N) is 4. The number of aryl methyl sites for hydroxylation is 1. The Kier molecular flexibility index (Phi) is 5.11. The number of thiocarbonyl (C=S) groups is 1. The zero-order chi connectivity index (χ0) is 22.3. The minimum absolute atomic E-state index is 0.0240. The van der Waals surface area contributed by atoms with E-state index >= 15 is 0 Å². The number of aromatic nitrogens is 2. The van der Waals surface area contributed by atoms with Crippen LogP contribution in [0.2, 0.25) is 0 Å². The summed E-state index contributed by atoms with van der Waals surface area (Å²) in [4.78, 5) is 24.7. The van der Waals surface area contributed by atoms with Crippen LogP contribution in [0.3, 0.4) is 0 Å². The van der Waals surface area contributed by atoms with Crippen LogP contribution in [-0.4, -0.2) is 25.7 Å². The molecule has 4 rings (SSSR count). The molecule has 1 aromatic carbocycles. The molecule has 0 spiro atoms. The standard InChI is InChI=1S/C20H16FN5O4S/c1-11-18(26(28)29)12(2)24(23-11)10-16-8-7-15(30-16)9-17-19(27)25(20(31)22-17)14-5-3-13(21)4-6-14/h3-9H,10H2,1-2H3,(H,22,31)/b17-9+. The van der Waals surface area contributed by atoms with Crippen molar-refractivity contribution in [1.82, 2.24) is 15.1 Å². The quantitative estimate of drug-likeness (QED) is 0.280. The number of nitro groups is 1. The molecule has 0 aliphatic carbocycles. The van der Waals surface area contributed by atoms with Crippen molar-refractivity contribution in [2.45, 2.75) is 20.4 Å². The molecule has 0 saturated carbocycles. The molecule has 11 heteroatoms. The Morgan fingerprint density at radius 2 is 1.97 bits per heavy atom. The molecule has 1 amide bonds. The minimum atomic E-state index is -0.459. The molecule has 0 bridgehead atoms. The lowest BCUT2D eigenvalue weighted by Gasteiger charge is -2.13. The van der Waals surface area contributed by atoms with Gasteiger partial charge >= 0.3 is 5.69 Å². The second-order valence-electron chi connectivity index (χ2n) is 6.84. The Bertz CT molecular complexity index is 1240. The van der Waals surface area contributed by atoms with Crippen LogP contribution in [0, 0.1) is 29.8 Å². The van der Waals surface area contributed by atoms with Crippen molar-refractivity contribution >= 4 is 40.7 Å². The highest BCUT2D eigenvalue weighted by atomic mass is 32.1. The molecule has 0 radical (unpaired) electrons. The van der Waals surface area contributed by atoms with Crippen LogP contribution in [0.15, 0.2) is 46.5 Å². The highest BCUT2D eigenvalue weighted by Gasteiger charge is 2.32. The predicted molar refractivity (Wildman–Crippen MR) is 114 cm³/mol. The van der Waals surface area contributed by atoms with Gasteiger partial charge < -0.3 is 9.73 Å². The summed E-state index contributed by atoms with van der Waals surface area (Å²) < 4.78 is 20.4. The largest absolute Gasteiger partial charge is 0.460 e. The fraction of sp³-hybridized carbons (Fsp3) is 0.150. The lowest BCUT2D eigenvalue weighted by Crippen LogP contribution is -2.30. The number of furan rings is 1. The summed E-state index contributed by atoms with van der Waals surface area (Å²) in [5.74, 6) is 0.0891. The maximum atomic E-state index is 13.2. The number of rotatable bonds is 5. The number of halogens is 1. The van der Waals surface area contributed by atoms with Crippen molar-refractivity contribution in [2.75, 3.05) is 4.90 Å². The van der Waals surface area contributed by atoms with Crippen molar-refractivity contribution in [2.24, 2.45) is 0 Å². The third-order valence-electron chi connectivity index (χ3n) is 4.76. The molecule has 2 aromatic heterocycles. The van der Waals surface area contributed by atoms with Gasteiger partial charge in [-0.1, -0.05) is 0 Å². The van der Waals surface area contributed by atoms with E-state index in [2.05, 4.69) is 10.4 Å². The SMILES string of the molecule is Cc1nn(Cc2ccc(/C=C3/NC(=S)N(c4ccc(F)cc4)C3=O)o2)c(C)c1[N+](=O)[O-]. The normalized spacial score (nSPS) is 15.1. The number of anilines is 1. The molecule has 0 atom stereocenters. The van der Waals surface area contributed by atoms with Crippen molar-refractivity contribution in [3.63, 3.8) is 0 Å². The number of carbonyl (C=O) groups excluding carboxylic acids is 1. The Hall–Kier alpha value is -3.86. The van der Waals surface area contributed by atoms with E-state index in [1.165, 1.54) is 39.9 Å². The predicted octanol–water partition coefficient (Wildman–Crippen LogP) is 3.45. The van der Waals surface area contributed by atoms with Gasteiger partial charge in [0.05, 0.1) is 17.2 Å². The van der Waals surface area contributed by atoms with Gasteiger partial charge in [0.2, 0.25) is 0 Å². The summed E-state index contributed by atoms with van der Waals surface area (Å²) in [5, 5.41) is 18.4. The summed E-state index contributed by atoms with van der Waals surface area (Å²) in [5.41, 5.74) is 1.37. The Balaban J connectivity index is 1.54. The number of hydrogen-bond donors (Lipinski definition) is 1. The minimum Gasteiger partial charge on any atom is -0.460 e. The molecule has 1 N–H and O–H groups in total. The molecule has 1 aliphatic heterocycles. The van der Waals surface area contributed by atoms with E-state index in [9.17, 15) is 19.3 Å². The van der Waals surface area contributed by atoms with Crippen LogP contribution < -0.4 is 10.2 Å². The first kappa shape index (κ1) is 20.4. The number of nitrogens with one attached hydrogen (secondary N) is 1. The number of benzene rings is 1. The molecule has 1 fully saturated rings. The van der Waals surface area contributed by atoms with E-state index in [0.29, 0.717) is 28.6 Å². The summed E-state index contributed by atoms with van der Waals surface area (Å²) in [6.07, 6.45) is 1.51. The van der Waals surface area contributed by atoms with Gasteiger partial charge in [-0.3, -0.25) is 24.5 Å². The molecule has 0 unspecified atom stereocenters. The Labute approximate surface area is 180 Å². The van der Waals surface area contributed by atoms with E-state index in [0.717, 1.165) is 0 Å². The van der Waals surface area contributed by atoms with Crippen LogP contribution in [0.25, 0.3) is 6.08 Å². The van der Waals surface area contributed by atoms with Crippen LogP contribution >= 0.6 is 12.2 Å². The third kappa shape index (κ3) is 3.82. The zero-order valence-electron chi connectivity index (χ0n) is 16.5. The summed E-state index contributed by atoms with van der Waals surface area (Å²) >= 11 is 5.23. The van der Waals surface area contributed by atoms with E-state index in [1.807, 2.05) is 0 Å². The molecule has 9 nitrogen and oxygen atoms in total. The van der Waals surface area contributed by atoms with E-state index < -0.39 is 16.6 Å². The number of hydrogen-bond acceptors (Lipinski definition) is 6. The fourth-order valence-electron chi connectivity index (χ4n) is 3.31. The highest BCUT2D eigenvalue weighted by Crippen LogP contribution is 2.25. The van der Waals surface area contributed by atoms with Gasteiger partial charge in [0.25, 0.3) is 5.91 Å². The molecule has 1 saturated heterocycles. The lowest BCUT2D eigenvalue weighted by atomic mass is 10.2. The topological polar surface area (TPSA) is 106 Å². The molecule has 158 valence electrons. The molecule has 3 heterocycles. The van der Waals surface area contributed by atoms with Gasteiger partial charge in [-0.15, -0.1) is 0 Å². The van der Waals surface area contributed by atoms with Crippen molar-refractivity contribution < 1.29 is 18.5 Å². The molecular formula is C20H16FN5O4S. The zero-order valence-corrected chi connectivity index (χ0v) is 17.3. The van der Waals surface area contributed by atoms with E-state index in [1.54, 1.807) is 26.0 Å². The van der Waals surface area contributed by atoms with Crippen molar-refractivity contribution in [3.8, 4) is 0 Å². The van der Waals surface area contributed by atoms with Crippen LogP contribution in [0.5, 0.6) is 0 Å². The molecule has 1 aliphatic rings. The average Bonchev–Trinajstić information content (AvgIpc) is 3.34. The fourth-order valence-corrected chi connectivity index (χ4v) is 3.61. The Morgan fingerprint density at radius 1 is 1.26 bits per heavy atom. The average molecular weight is 441 g/mol. The van der Waals surface area contributed by atoms with Gasteiger partial charge in [-0.05, 0) is 62.5 Å². The van der Waals surface area contributed by atoms with E-state index in [4.69, 9.17) is 16.6 Å². The maximum absolute atomic E-state index is 13.2. The van der Waals surface area contributed by atoms with Gasteiger partial charge in [0, 0.05) is 6.08 Å². The maximum Gasteiger partial charge on any atom is 0.312 e. The summed E-state index contributed by atoms with van der Waals surface area (Å²) in [6.45, 7) is 3.40. The molecule has 31 heavy (non-hydrogen) atoms. The van der Waals surface area contributed by atoms with Gasteiger partial charge in [-0.2, -0.15) is 5.10 Å². The first-order valence-corrected chi connectivity index (χ1v) is 9.55. The Morgan fingerprint density at radius 3 is 2.61 bits per heavy atom. The summed E-state index contributed by atoms with van der Waals surface area (Å²) in [7, 11) is 0. The van der Waals surface area contributed by atoms with Crippen LogP contribution in [0.1, 0.15) is 22.9 Å². The van der Waals surface area contributed by atoms with Crippen molar-refractivity contribution in [1.29, 1.82) is 0 Å². The van der Waals surface area contributed by atoms with Gasteiger partial charge in [-0.25, -0.2) is 4.39 Å². The van der Waals surface area contributed by atoms with Crippen LogP contribution in [-0.2, 0) is 11.3 Å². The van der Waals surface area contributed by atoms with Crippen molar-refractivity contribution in [3.05, 3.63) is 80.9 Å². The van der Waals surface area contributed by atoms with Gasteiger partial charge in [0.1, 0.15) is 34.4 Å². The lowest BCUT2D eigenvalue weighted by molar-refractivity contribution is -0.386. The monoisotopic (exact) mass is 441 g/mol. The van der Waals surface area contributed by atoms with Gasteiger partial charge in [0.15, 0.2) is 5.11 Å². The molecule has 3 aromatic rings. The van der Waals surface area contributed by atoms with Crippen LogP contribution in [0.4, 0.5) is 15.8 Å². The second-order valence-corrected chi connectivity index (χ2v) is 7.23. The third-order valence-corrected chi connectivity index (χ3v) is 5.05.